The first kappa shape index (κ1) is 23.4. The highest BCUT2D eigenvalue weighted by atomic mass is 35.5. The molecule has 1 aliphatic carbocycles. The summed E-state index contributed by atoms with van der Waals surface area (Å²) in [5.41, 5.74) is 1.01. The van der Waals surface area contributed by atoms with E-state index in [1.807, 2.05) is 43.3 Å². The van der Waals surface area contributed by atoms with Crippen molar-refractivity contribution in [1.82, 2.24) is 15.3 Å². The maximum absolute atomic E-state index is 12.5. The Morgan fingerprint density at radius 3 is 2.58 bits per heavy atom. The number of aromatic nitrogens is 2. The fourth-order valence-corrected chi connectivity index (χ4v) is 4.72. The molecule has 1 fully saturated rings. The first-order chi connectivity index (χ1) is 15.8. The predicted molar refractivity (Wildman–Crippen MR) is 134 cm³/mol. The maximum Gasteiger partial charge on any atom is 0.255 e. The quantitative estimate of drug-likeness (QED) is 0.447. The van der Waals surface area contributed by atoms with Crippen molar-refractivity contribution in [3.05, 3.63) is 52.0 Å². The van der Waals surface area contributed by atoms with Gasteiger partial charge in [-0.05, 0) is 55.9 Å². The van der Waals surface area contributed by atoms with Gasteiger partial charge >= 0.3 is 0 Å². The second-order valence-electron chi connectivity index (χ2n) is 8.64. The second kappa shape index (κ2) is 10.0. The number of hydrogen-bond acceptors (Lipinski definition) is 6. The Kier molecular flexibility index (Phi) is 7.10. The van der Waals surface area contributed by atoms with E-state index in [0.29, 0.717) is 23.4 Å². The summed E-state index contributed by atoms with van der Waals surface area (Å²) in [5, 5.41) is 17.9. The molecule has 7 nitrogen and oxygen atoms in total. The van der Waals surface area contributed by atoms with Crippen molar-refractivity contribution in [2.45, 2.75) is 31.7 Å². The van der Waals surface area contributed by atoms with Crippen LogP contribution in [0, 0.1) is 5.92 Å². The SMILES string of the molecule is CN(C)c1nc(NC2CCC(CNC(=O)c3cc(Cl)cc(Cl)c3O)CC2)nc2ccccc12. The Morgan fingerprint density at radius 1 is 1.12 bits per heavy atom. The van der Waals surface area contributed by atoms with E-state index in [1.165, 1.54) is 12.1 Å². The van der Waals surface area contributed by atoms with Crippen molar-refractivity contribution in [2.75, 3.05) is 30.9 Å². The third-order valence-electron chi connectivity index (χ3n) is 6.01. The summed E-state index contributed by atoms with van der Waals surface area (Å²) >= 11 is 11.9. The number of hydrogen-bond donors (Lipinski definition) is 3. The molecule has 1 heterocycles. The highest BCUT2D eigenvalue weighted by molar-refractivity contribution is 6.36. The molecule has 1 saturated carbocycles. The van der Waals surface area contributed by atoms with Gasteiger partial charge in [0.2, 0.25) is 5.95 Å². The Hall–Kier alpha value is -2.77. The van der Waals surface area contributed by atoms with Gasteiger partial charge < -0.3 is 20.6 Å². The normalized spacial score (nSPS) is 18.2. The fraction of sp³-hybridized carbons (Fsp3) is 0.375. The zero-order chi connectivity index (χ0) is 23.5. The Morgan fingerprint density at radius 2 is 1.85 bits per heavy atom. The molecule has 0 unspecified atom stereocenters. The minimum Gasteiger partial charge on any atom is -0.506 e. The third-order valence-corrected chi connectivity index (χ3v) is 6.52. The van der Waals surface area contributed by atoms with Gasteiger partial charge in [0.15, 0.2) is 0 Å². The third kappa shape index (κ3) is 5.42. The molecule has 2 aromatic carbocycles. The molecule has 1 amide bonds. The van der Waals surface area contributed by atoms with Gasteiger partial charge in [0.1, 0.15) is 11.6 Å². The minimum absolute atomic E-state index is 0.0626. The summed E-state index contributed by atoms with van der Waals surface area (Å²) in [5.74, 6) is 1.27. The van der Waals surface area contributed by atoms with Gasteiger partial charge in [0.25, 0.3) is 5.91 Å². The lowest BCUT2D eigenvalue weighted by Crippen LogP contribution is -2.34. The van der Waals surface area contributed by atoms with Gasteiger partial charge in [-0.15, -0.1) is 0 Å². The molecule has 1 aliphatic rings. The lowest BCUT2D eigenvalue weighted by atomic mass is 9.86. The van der Waals surface area contributed by atoms with Crippen LogP contribution in [0.4, 0.5) is 11.8 Å². The predicted octanol–water partition coefficient (Wildman–Crippen LogP) is 5.11. The number of carbonyl (C=O) groups is 1. The van der Waals surface area contributed by atoms with E-state index in [-0.39, 0.29) is 28.3 Å². The molecule has 0 saturated heterocycles. The summed E-state index contributed by atoms with van der Waals surface area (Å²) in [4.78, 5) is 23.9. The van der Waals surface area contributed by atoms with Gasteiger partial charge in [-0.2, -0.15) is 4.98 Å². The summed E-state index contributed by atoms with van der Waals surface area (Å²) in [6.07, 6.45) is 3.85. The van der Waals surface area contributed by atoms with Crippen LogP contribution in [0.3, 0.4) is 0 Å². The summed E-state index contributed by atoms with van der Waals surface area (Å²) in [6.45, 7) is 0.534. The molecule has 0 atom stereocenters. The molecule has 174 valence electrons. The molecular weight excluding hydrogens is 461 g/mol. The van der Waals surface area contributed by atoms with Crippen LogP contribution < -0.4 is 15.5 Å². The number of carbonyl (C=O) groups excluding carboxylic acids is 1. The van der Waals surface area contributed by atoms with Crippen LogP contribution >= 0.6 is 23.2 Å². The number of halogens is 2. The van der Waals surface area contributed by atoms with Crippen LogP contribution in [-0.4, -0.2) is 47.7 Å². The standard InChI is InChI=1S/C24H27Cl2N5O2/c1-31(2)22-17-5-3-4-6-20(17)29-24(30-22)28-16-9-7-14(8-10-16)13-27-23(33)18-11-15(25)12-19(26)21(18)32/h3-6,11-12,14,16,32H,7-10,13H2,1-2H3,(H,27,33)(H,28,29,30). The average molecular weight is 488 g/mol. The number of fused-ring (bicyclic) bond motifs is 1. The Balaban J connectivity index is 1.33. The van der Waals surface area contributed by atoms with Crippen molar-refractivity contribution in [2.24, 2.45) is 5.92 Å². The van der Waals surface area contributed by atoms with Crippen molar-refractivity contribution in [3.8, 4) is 5.75 Å². The smallest absolute Gasteiger partial charge is 0.255 e. The number of para-hydroxylation sites is 1. The number of phenols is 1. The first-order valence-corrected chi connectivity index (χ1v) is 11.7. The largest absolute Gasteiger partial charge is 0.506 e. The molecule has 0 bridgehead atoms. The molecule has 3 N–H and O–H groups in total. The van der Waals surface area contributed by atoms with Crippen LogP contribution in [0.25, 0.3) is 10.9 Å². The molecule has 3 aromatic rings. The van der Waals surface area contributed by atoms with Gasteiger partial charge in [-0.25, -0.2) is 4.98 Å². The van der Waals surface area contributed by atoms with Gasteiger partial charge in [-0.3, -0.25) is 4.79 Å². The van der Waals surface area contributed by atoms with Crippen molar-refractivity contribution >= 4 is 51.8 Å². The van der Waals surface area contributed by atoms with Crippen LogP contribution in [-0.2, 0) is 0 Å². The Labute approximate surface area is 203 Å². The number of amides is 1. The molecule has 0 spiro atoms. The molecule has 9 heteroatoms. The van der Waals surface area contributed by atoms with Crippen LogP contribution in [0.15, 0.2) is 36.4 Å². The minimum atomic E-state index is -0.377. The lowest BCUT2D eigenvalue weighted by Gasteiger charge is -2.29. The first-order valence-electron chi connectivity index (χ1n) is 11.0. The van der Waals surface area contributed by atoms with E-state index < -0.39 is 0 Å². The maximum atomic E-state index is 12.5. The van der Waals surface area contributed by atoms with E-state index in [1.54, 1.807) is 0 Å². The summed E-state index contributed by atoms with van der Waals surface area (Å²) in [6, 6.07) is 11.1. The highest BCUT2D eigenvalue weighted by Crippen LogP contribution is 2.32. The van der Waals surface area contributed by atoms with Gasteiger partial charge in [0, 0.05) is 37.1 Å². The van der Waals surface area contributed by atoms with Crippen LogP contribution in [0.2, 0.25) is 10.0 Å². The monoisotopic (exact) mass is 487 g/mol. The lowest BCUT2D eigenvalue weighted by molar-refractivity contribution is 0.0940. The average Bonchev–Trinajstić information content (AvgIpc) is 2.80. The highest BCUT2D eigenvalue weighted by Gasteiger charge is 2.23. The molecule has 4 rings (SSSR count). The van der Waals surface area contributed by atoms with Crippen LogP contribution in [0.5, 0.6) is 5.75 Å². The van der Waals surface area contributed by atoms with Crippen molar-refractivity contribution < 1.29 is 9.90 Å². The molecule has 0 radical (unpaired) electrons. The molecular formula is C24H27Cl2N5O2. The second-order valence-corrected chi connectivity index (χ2v) is 9.48. The fourth-order valence-electron chi connectivity index (χ4n) is 4.23. The number of phenolic OH excluding ortho intramolecular Hbond substituents is 1. The van der Waals surface area contributed by atoms with Crippen molar-refractivity contribution in [3.63, 3.8) is 0 Å². The number of benzene rings is 2. The topological polar surface area (TPSA) is 90.4 Å². The van der Waals surface area contributed by atoms with Gasteiger partial charge in [-0.1, -0.05) is 35.3 Å². The number of rotatable bonds is 6. The van der Waals surface area contributed by atoms with Crippen molar-refractivity contribution in [1.29, 1.82) is 0 Å². The van der Waals surface area contributed by atoms with E-state index >= 15 is 0 Å². The molecule has 0 aliphatic heterocycles. The number of anilines is 2. The molecule has 33 heavy (non-hydrogen) atoms. The number of nitrogens with one attached hydrogen (secondary N) is 2. The van der Waals surface area contributed by atoms with E-state index in [4.69, 9.17) is 33.2 Å². The van der Waals surface area contributed by atoms with Crippen LogP contribution in [0.1, 0.15) is 36.0 Å². The van der Waals surface area contributed by atoms with Gasteiger partial charge in [0.05, 0.1) is 16.1 Å². The van der Waals surface area contributed by atoms with E-state index in [9.17, 15) is 9.90 Å². The number of nitrogens with zero attached hydrogens (tertiary/aromatic N) is 3. The Bertz CT molecular complexity index is 1160. The summed E-state index contributed by atoms with van der Waals surface area (Å²) in [7, 11) is 3.96. The molecule has 1 aromatic heterocycles. The zero-order valence-electron chi connectivity index (χ0n) is 18.6. The number of aromatic hydroxyl groups is 1. The van der Waals surface area contributed by atoms with E-state index in [2.05, 4.69) is 10.6 Å². The zero-order valence-corrected chi connectivity index (χ0v) is 20.1. The summed E-state index contributed by atoms with van der Waals surface area (Å²) < 4.78 is 0. The van der Waals surface area contributed by atoms with E-state index in [0.717, 1.165) is 42.4 Å².